The van der Waals surface area contributed by atoms with E-state index in [1.807, 2.05) is 44.2 Å². The lowest BCUT2D eigenvalue weighted by molar-refractivity contribution is 0.102. The molecule has 0 spiro atoms. The van der Waals surface area contributed by atoms with E-state index < -0.39 is 11.5 Å². The Morgan fingerprint density at radius 2 is 1.97 bits per heavy atom. The Balaban J connectivity index is 1.57. The third kappa shape index (κ3) is 4.41. The lowest BCUT2D eigenvalue weighted by Crippen LogP contribution is -2.15. The van der Waals surface area contributed by atoms with Crippen LogP contribution in [0.15, 0.2) is 76.2 Å². The molecule has 0 aliphatic carbocycles. The summed E-state index contributed by atoms with van der Waals surface area (Å²) in [5.74, 6) is 0.157. The van der Waals surface area contributed by atoms with Crippen LogP contribution in [0.3, 0.4) is 0 Å². The maximum Gasteiger partial charge on any atom is 0.337 e. The monoisotopic (exact) mass is 403 g/mol. The van der Waals surface area contributed by atoms with Gasteiger partial charge in [-0.1, -0.05) is 30.3 Å². The number of hydrogen-bond acceptors (Lipinski definition) is 5. The van der Waals surface area contributed by atoms with E-state index in [2.05, 4.69) is 10.4 Å². The van der Waals surface area contributed by atoms with Crippen molar-refractivity contribution in [2.24, 2.45) is 0 Å². The smallest absolute Gasteiger partial charge is 0.337 e. The lowest BCUT2D eigenvalue weighted by Gasteiger charge is -2.11. The minimum absolute atomic E-state index is 0.0203. The number of carbonyl (C=O) groups is 1. The molecule has 30 heavy (non-hydrogen) atoms. The van der Waals surface area contributed by atoms with Gasteiger partial charge in [0.25, 0.3) is 5.91 Å². The second-order valence-electron chi connectivity index (χ2n) is 7.17. The van der Waals surface area contributed by atoms with Gasteiger partial charge >= 0.3 is 5.63 Å². The Morgan fingerprint density at radius 1 is 1.17 bits per heavy atom. The average molecular weight is 403 g/mol. The zero-order chi connectivity index (χ0) is 21.1. The van der Waals surface area contributed by atoms with Gasteiger partial charge in [0.1, 0.15) is 11.3 Å². The van der Waals surface area contributed by atoms with Crippen LogP contribution in [0, 0.1) is 0 Å². The van der Waals surface area contributed by atoms with Crippen LogP contribution in [-0.2, 0) is 6.54 Å². The van der Waals surface area contributed by atoms with Crippen LogP contribution in [0.25, 0.3) is 11.0 Å². The molecule has 4 rings (SSSR count). The predicted molar refractivity (Wildman–Crippen MR) is 114 cm³/mol. The quantitative estimate of drug-likeness (QED) is 0.490. The fourth-order valence-corrected chi connectivity index (χ4v) is 3.16. The van der Waals surface area contributed by atoms with E-state index in [0.717, 1.165) is 5.56 Å². The zero-order valence-corrected chi connectivity index (χ0v) is 16.7. The molecule has 2 aromatic carbocycles. The van der Waals surface area contributed by atoms with Gasteiger partial charge < -0.3 is 14.5 Å². The molecule has 7 nitrogen and oxygen atoms in total. The van der Waals surface area contributed by atoms with Crippen LogP contribution in [0.2, 0.25) is 0 Å². The van der Waals surface area contributed by atoms with Crippen molar-refractivity contribution >= 4 is 22.6 Å². The third-order valence-corrected chi connectivity index (χ3v) is 4.41. The molecule has 0 saturated heterocycles. The number of ether oxygens (including phenoxy) is 1. The molecular weight excluding hydrogens is 382 g/mol. The van der Waals surface area contributed by atoms with Gasteiger partial charge in [0.2, 0.25) is 0 Å². The molecule has 0 atom stereocenters. The van der Waals surface area contributed by atoms with Crippen molar-refractivity contribution in [3.05, 3.63) is 88.5 Å². The Hall–Kier alpha value is -3.87. The van der Waals surface area contributed by atoms with Gasteiger partial charge in [0.15, 0.2) is 0 Å². The Labute approximate surface area is 172 Å². The second-order valence-corrected chi connectivity index (χ2v) is 7.17. The largest absolute Gasteiger partial charge is 0.491 e. The van der Waals surface area contributed by atoms with E-state index in [4.69, 9.17) is 9.15 Å². The number of fused-ring (bicyclic) bond motifs is 1. The summed E-state index contributed by atoms with van der Waals surface area (Å²) in [4.78, 5) is 24.8. The number of anilines is 1. The number of rotatable bonds is 6. The molecule has 1 N–H and O–H groups in total. The standard InChI is InChI=1S/C23H21N3O4/c1-15(2)29-18-8-9-19-20(11-22(27)30-21(19)10-18)23(28)25-17-12-24-26(14-17)13-16-6-4-3-5-7-16/h3-12,14-15H,13H2,1-2H3,(H,25,28). The van der Waals surface area contributed by atoms with Gasteiger partial charge in [0.05, 0.1) is 30.1 Å². The van der Waals surface area contributed by atoms with Crippen LogP contribution in [0.4, 0.5) is 5.69 Å². The summed E-state index contributed by atoms with van der Waals surface area (Å²) < 4.78 is 12.6. The molecule has 4 aromatic rings. The van der Waals surface area contributed by atoms with E-state index in [-0.39, 0.29) is 11.7 Å². The normalized spacial score (nSPS) is 11.0. The highest BCUT2D eigenvalue weighted by atomic mass is 16.5. The number of hydrogen-bond donors (Lipinski definition) is 1. The fourth-order valence-electron chi connectivity index (χ4n) is 3.16. The maximum atomic E-state index is 12.9. The molecule has 152 valence electrons. The van der Waals surface area contributed by atoms with Crippen molar-refractivity contribution in [1.82, 2.24) is 9.78 Å². The molecule has 0 aliphatic rings. The first-order valence-electron chi connectivity index (χ1n) is 9.60. The first-order valence-corrected chi connectivity index (χ1v) is 9.60. The molecule has 7 heteroatoms. The number of nitrogens with zero attached hydrogens (tertiary/aromatic N) is 2. The van der Waals surface area contributed by atoms with Crippen LogP contribution in [0.1, 0.15) is 29.8 Å². The van der Waals surface area contributed by atoms with Crippen LogP contribution < -0.4 is 15.7 Å². The highest BCUT2D eigenvalue weighted by molar-refractivity contribution is 6.12. The molecule has 0 aliphatic heterocycles. The van der Waals surface area contributed by atoms with Crippen molar-refractivity contribution < 1.29 is 13.9 Å². The minimum Gasteiger partial charge on any atom is -0.491 e. The summed E-state index contributed by atoms with van der Waals surface area (Å²) in [5, 5.41) is 7.61. The topological polar surface area (TPSA) is 86.4 Å². The Kier molecular flexibility index (Phi) is 5.34. The average Bonchev–Trinajstić information content (AvgIpc) is 3.14. The molecule has 0 fully saturated rings. The molecule has 0 saturated carbocycles. The number of aromatic nitrogens is 2. The van der Waals surface area contributed by atoms with E-state index in [1.54, 1.807) is 35.3 Å². The van der Waals surface area contributed by atoms with Crippen molar-refractivity contribution in [3.63, 3.8) is 0 Å². The van der Waals surface area contributed by atoms with Gasteiger partial charge in [-0.15, -0.1) is 0 Å². The summed E-state index contributed by atoms with van der Waals surface area (Å²) in [7, 11) is 0. The number of carbonyl (C=O) groups excluding carboxylic acids is 1. The maximum absolute atomic E-state index is 12.9. The van der Waals surface area contributed by atoms with E-state index >= 15 is 0 Å². The van der Waals surface area contributed by atoms with Gasteiger partial charge in [0, 0.05) is 23.7 Å². The zero-order valence-electron chi connectivity index (χ0n) is 16.7. The van der Waals surface area contributed by atoms with Crippen molar-refractivity contribution in [2.45, 2.75) is 26.5 Å². The molecule has 0 bridgehead atoms. The van der Waals surface area contributed by atoms with Gasteiger partial charge in [-0.3, -0.25) is 9.48 Å². The number of nitrogens with one attached hydrogen (secondary N) is 1. The fraction of sp³-hybridized carbons (Fsp3) is 0.174. The van der Waals surface area contributed by atoms with Crippen LogP contribution in [0.5, 0.6) is 5.75 Å². The molecule has 2 aromatic heterocycles. The highest BCUT2D eigenvalue weighted by Gasteiger charge is 2.15. The number of amides is 1. The van der Waals surface area contributed by atoms with Crippen molar-refractivity contribution in [2.75, 3.05) is 5.32 Å². The summed E-state index contributed by atoms with van der Waals surface area (Å²) in [6.07, 6.45) is 3.30. The van der Waals surface area contributed by atoms with Crippen LogP contribution in [-0.4, -0.2) is 21.8 Å². The molecular formula is C23H21N3O4. The van der Waals surface area contributed by atoms with Crippen molar-refractivity contribution in [1.29, 1.82) is 0 Å². The lowest BCUT2D eigenvalue weighted by atomic mass is 10.1. The summed E-state index contributed by atoms with van der Waals surface area (Å²) in [5.41, 5.74) is 1.56. The second kappa shape index (κ2) is 8.24. The third-order valence-electron chi connectivity index (χ3n) is 4.41. The SMILES string of the molecule is CC(C)Oc1ccc2c(C(=O)Nc3cnn(Cc4ccccc4)c3)cc(=O)oc2c1. The van der Waals surface area contributed by atoms with Crippen molar-refractivity contribution in [3.8, 4) is 5.75 Å². The molecule has 0 unspecified atom stereocenters. The summed E-state index contributed by atoms with van der Waals surface area (Å²) in [6.45, 7) is 4.40. The molecule has 2 heterocycles. The minimum atomic E-state index is -0.603. The van der Waals surface area contributed by atoms with E-state index in [1.165, 1.54) is 6.07 Å². The molecule has 0 radical (unpaired) electrons. The van der Waals surface area contributed by atoms with E-state index in [0.29, 0.717) is 29.0 Å². The van der Waals surface area contributed by atoms with E-state index in [9.17, 15) is 9.59 Å². The first kappa shape index (κ1) is 19.4. The summed E-state index contributed by atoms with van der Waals surface area (Å²) in [6, 6.07) is 16.2. The Morgan fingerprint density at radius 3 is 2.73 bits per heavy atom. The number of benzene rings is 2. The van der Waals surface area contributed by atoms with Gasteiger partial charge in [-0.05, 0) is 31.5 Å². The Bertz CT molecular complexity index is 1240. The first-order chi connectivity index (χ1) is 14.5. The van der Waals surface area contributed by atoms with Gasteiger partial charge in [-0.25, -0.2) is 4.79 Å². The molecule has 1 amide bonds. The van der Waals surface area contributed by atoms with Gasteiger partial charge in [-0.2, -0.15) is 5.10 Å². The summed E-state index contributed by atoms with van der Waals surface area (Å²) >= 11 is 0. The van der Waals surface area contributed by atoms with Crippen LogP contribution >= 0.6 is 0 Å². The predicted octanol–water partition coefficient (Wildman–Crippen LogP) is 4.08. The highest BCUT2D eigenvalue weighted by Crippen LogP contribution is 2.24.